The largest absolute Gasteiger partial charge is 0.449 e. The Kier molecular flexibility index (Phi) is 5.80. The maximum atomic E-state index is 12.9. The molecule has 3 aromatic rings. The number of rotatable bonds is 4. The van der Waals surface area contributed by atoms with E-state index < -0.39 is 17.8 Å². The maximum absolute atomic E-state index is 12.9. The van der Waals surface area contributed by atoms with Gasteiger partial charge in [-0.1, -0.05) is 41.6 Å². The number of hydrogen-bond donors (Lipinski definition) is 1. The molecule has 30 heavy (non-hydrogen) atoms. The predicted molar refractivity (Wildman–Crippen MR) is 117 cm³/mol. The maximum Gasteiger partial charge on any atom is 0.335 e. The van der Waals surface area contributed by atoms with E-state index in [-0.39, 0.29) is 5.57 Å². The molecular weight excluding hydrogens is 492 g/mol. The number of amides is 4. The van der Waals surface area contributed by atoms with E-state index in [1.807, 2.05) is 12.1 Å². The molecule has 1 fully saturated rings. The summed E-state index contributed by atoms with van der Waals surface area (Å²) in [7, 11) is 0. The fourth-order valence-electron chi connectivity index (χ4n) is 2.73. The first kappa shape index (κ1) is 20.5. The highest BCUT2D eigenvalue weighted by Gasteiger charge is 2.37. The number of imide groups is 2. The SMILES string of the molecule is O=C1NC(=O)N(c2ccccc2)C(=O)/C1=C/c1cc(Br)c(Sc2ccc(Cl)cc2)o1. The van der Waals surface area contributed by atoms with Gasteiger partial charge in [0.1, 0.15) is 11.3 Å². The number of hydrogen-bond acceptors (Lipinski definition) is 5. The summed E-state index contributed by atoms with van der Waals surface area (Å²) in [5.74, 6) is -1.22. The Balaban J connectivity index is 1.63. The molecule has 1 N–H and O–H groups in total. The van der Waals surface area contributed by atoms with E-state index in [0.29, 0.717) is 26.0 Å². The van der Waals surface area contributed by atoms with Crippen LogP contribution in [0.3, 0.4) is 0 Å². The van der Waals surface area contributed by atoms with Gasteiger partial charge < -0.3 is 4.42 Å². The van der Waals surface area contributed by atoms with Crippen LogP contribution in [0, 0.1) is 0 Å². The summed E-state index contributed by atoms with van der Waals surface area (Å²) >= 11 is 10.7. The van der Waals surface area contributed by atoms with Gasteiger partial charge in [0.15, 0.2) is 5.09 Å². The summed E-state index contributed by atoms with van der Waals surface area (Å²) < 4.78 is 6.45. The zero-order valence-corrected chi connectivity index (χ0v) is 18.3. The van der Waals surface area contributed by atoms with E-state index in [2.05, 4.69) is 21.2 Å². The van der Waals surface area contributed by atoms with Crippen LogP contribution in [-0.4, -0.2) is 17.8 Å². The number of barbiturate groups is 1. The van der Waals surface area contributed by atoms with Crippen LogP contribution >= 0.6 is 39.3 Å². The average Bonchev–Trinajstić information content (AvgIpc) is 3.06. The lowest BCUT2D eigenvalue weighted by Crippen LogP contribution is -2.54. The van der Waals surface area contributed by atoms with Crippen molar-refractivity contribution >= 4 is 68.9 Å². The van der Waals surface area contributed by atoms with Gasteiger partial charge in [-0.2, -0.15) is 0 Å². The van der Waals surface area contributed by atoms with Crippen LogP contribution in [0.15, 0.2) is 85.1 Å². The molecule has 0 spiro atoms. The van der Waals surface area contributed by atoms with Gasteiger partial charge >= 0.3 is 6.03 Å². The highest BCUT2D eigenvalue weighted by molar-refractivity contribution is 9.10. The van der Waals surface area contributed by atoms with Gasteiger partial charge in [-0.3, -0.25) is 14.9 Å². The number of carbonyl (C=O) groups excluding carboxylic acids is 3. The van der Waals surface area contributed by atoms with Crippen molar-refractivity contribution in [3.8, 4) is 0 Å². The Labute approximate surface area is 189 Å². The average molecular weight is 504 g/mol. The molecule has 1 aliphatic rings. The van der Waals surface area contributed by atoms with Crippen LogP contribution in [-0.2, 0) is 9.59 Å². The molecule has 4 amide bonds. The fraction of sp³-hybridized carbons (Fsp3) is 0. The third-order valence-corrected chi connectivity index (χ3v) is 6.20. The summed E-state index contributed by atoms with van der Waals surface area (Å²) in [5, 5.41) is 3.36. The van der Waals surface area contributed by atoms with Crippen molar-refractivity contribution < 1.29 is 18.8 Å². The van der Waals surface area contributed by atoms with Crippen LogP contribution in [0.1, 0.15) is 5.76 Å². The van der Waals surface area contributed by atoms with Crippen LogP contribution in [0.25, 0.3) is 6.08 Å². The molecule has 6 nitrogen and oxygen atoms in total. The van der Waals surface area contributed by atoms with E-state index in [1.54, 1.807) is 48.5 Å². The second kappa shape index (κ2) is 8.51. The second-order valence-corrected chi connectivity index (χ2v) is 8.47. The molecule has 4 rings (SSSR count). The molecular formula is C21H12BrClN2O4S. The van der Waals surface area contributed by atoms with Crippen LogP contribution in [0.2, 0.25) is 5.02 Å². The molecule has 1 saturated heterocycles. The smallest absolute Gasteiger partial charge is 0.335 e. The van der Waals surface area contributed by atoms with Crippen molar-refractivity contribution in [2.45, 2.75) is 9.99 Å². The Morgan fingerprint density at radius 2 is 1.73 bits per heavy atom. The molecule has 0 radical (unpaired) electrons. The zero-order chi connectivity index (χ0) is 21.3. The van der Waals surface area contributed by atoms with Crippen molar-refractivity contribution in [2.24, 2.45) is 0 Å². The van der Waals surface area contributed by atoms with Gasteiger partial charge in [-0.25, -0.2) is 9.69 Å². The van der Waals surface area contributed by atoms with Gasteiger partial charge in [-0.05, 0) is 64.5 Å². The first-order valence-corrected chi connectivity index (χ1v) is 10.6. The lowest BCUT2D eigenvalue weighted by atomic mass is 10.1. The lowest BCUT2D eigenvalue weighted by Gasteiger charge is -2.26. The number of nitrogens with one attached hydrogen (secondary N) is 1. The third-order valence-electron chi connectivity index (χ3n) is 4.10. The van der Waals surface area contributed by atoms with Crippen molar-refractivity contribution in [1.29, 1.82) is 0 Å². The van der Waals surface area contributed by atoms with E-state index in [1.165, 1.54) is 17.8 Å². The number of para-hydroxylation sites is 1. The van der Waals surface area contributed by atoms with Crippen LogP contribution < -0.4 is 10.2 Å². The number of furan rings is 1. The molecule has 2 heterocycles. The van der Waals surface area contributed by atoms with E-state index in [0.717, 1.165) is 9.80 Å². The van der Waals surface area contributed by atoms with Crippen molar-refractivity contribution in [3.63, 3.8) is 0 Å². The predicted octanol–water partition coefficient (Wildman–Crippen LogP) is 5.51. The number of anilines is 1. The van der Waals surface area contributed by atoms with Gasteiger partial charge in [-0.15, -0.1) is 0 Å². The molecule has 1 aromatic heterocycles. The molecule has 150 valence electrons. The van der Waals surface area contributed by atoms with E-state index in [9.17, 15) is 14.4 Å². The van der Waals surface area contributed by atoms with Gasteiger partial charge in [0.05, 0.1) is 10.2 Å². The highest BCUT2D eigenvalue weighted by atomic mass is 79.9. The molecule has 0 saturated carbocycles. The number of urea groups is 1. The Morgan fingerprint density at radius 1 is 1.03 bits per heavy atom. The van der Waals surface area contributed by atoms with E-state index in [4.69, 9.17) is 16.0 Å². The normalized spacial score (nSPS) is 15.6. The number of halogens is 2. The Morgan fingerprint density at radius 3 is 2.43 bits per heavy atom. The zero-order valence-electron chi connectivity index (χ0n) is 15.1. The molecule has 2 aromatic carbocycles. The number of benzene rings is 2. The summed E-state index contributed by atoms with van der Waals surface area (Å²) in [4.78, 5) is 39.2. The molecule has 1 aliphatic heterocycles. The third kappa shape index (κ3) is 4.21. The summed E-state index contributed by atoms with van der Waals surface area (Å²) in [6.45, 7) is 0. The highest BCUT2D eigenvalue weighted by Crippen LogP contribution is 2.37. The molecule has 0 aliphatic carbocycles. The standard InChI is InChI=1S/C21H12BrClN2O4S/c22-17-11-14(29-20(17)30-15-8-6-12(23)7-9-15)10-16-18(26)24-21(28)25(19(16)27)13-4-2-1-3-5-13/h1-11H,(H,24,26,28)/b16-10+. The first-order chi connectivity index (χ1) is 14.4. The first-order valence-electron chi connectivity index (χ1n) is 8.61. The molecule has 0 unspecified atom stereocenters. The van der Waals surface area contributed by atoms with Crippen LogP contribution in [0.5, 0.6) is 0 Å². The quantitative estimate of drug-likeness (QED) is 0.375. The minimum Gasteiger partial charge on any atom is -0.449 e. The van der Waals surface area contributed by atoms with E-state index >= 15 is 0 Å². The Bertz CT molecular complexity index is 1180. The van der Waals surface area contributed by atoms with Crippen molar-refractivity contribution in [1.82, 2.24) is 5.32 Å². The number of nitrogens with zero attached hydrogens (tertiary/aromatic N) is 1. The summed E-state index contributed by atoms with van der Waals surface area (Å²) in [6, 6.07) is 16.4. The topological polar surface area (TPSA) is 79.6 Å². The Hall–Kier alpha value is -2.81. The van der Waals surface area contributed by atoms with Crippen molar-refractivity contribution in [3.05, 3.63) is 81.5 Å². The minimum absolute atomic E-state index is 0.206. The monoisotopic (exact) mass is 502 g/mol. The lowest BCUT2D eigenvalue weighted by molar-refractivity contribution is -0.122. The van der Waals surface area contributed by atoms with Gasteiger partial charge in [0.25, 0.3) is 11.8 Å². The van der Waals surface area contributed by atoms with Gasteiger partial charge in [0, 0.05) is 9.92 Å². The van der Waals surface area contributed by atoms with Crippen molar-refractivity contribution in [2.75, 3.05) is 4.90 Å². The number of carbonyl (C=O) groups is 3. The summed E-state index contributed by atoms with van der Waals surface area (Å²) in [5.41, 5.74) is 0.153. The van der Waals surface area contributed by atoms with Crippen LogP contribution in [0.4, 0.5) is 10.5 Å². The summed E-state index contributed by atoms with van der Waals surface area (Å²) in [6.07, 6.45) is 1.32. The molecule has 9 heteroatoms. The fourth-order valence-corrected chi connectivity index (χ4v) is 4.19. The minimum atomic E-state index is -0.798. The molecule has 0 bridgehead atoms. The molecule has 0 atom stereocenters. The van der Waals surface area contributed by atoms with Gasteiger partial charge in [0.2, 0.25) is 0 Å². The second-order valence-electron chi connectivity index (χ2n) is 6.13.